The molecular weight excluding hydrogens is 294 g/mol. The van der Waals surface area contributed by atoms with E-state index in [0.29, 0.717) is 15.7 Å². The van der Waals surface area contributed by atoms with Crippen molar-refractivity contribution in [3.05, 3.63) is 52.8 Å². The molecular formula is C14H10ClN3OS. The van der Waals surface area contributed by atoms with Gasteiger partial charge in [-0.25, -0.2) is 4.98 Å². The van der Waals surface area contributed by atoms with Gasteiger partial charge in [0.05, 0.1) is 15.8 Å². The molecule has 0 saturated carbocycles. The highest BCUT2D eigenvalue weighted by molar-refractivity contribution is 7.22. The summed E-state index contributed by atoms with van der Waals surface area (Å²) < 4.78 is 0.994. The van der Waals surface area contributed by atoms with Crippen LogP contribution in [0.1, 0.15) is 15.9 Å². The zero-order valence-electron chi connectivity index (χ0n) is 10.6. The Kier molecular flexibility index (Phi) is 3.38. The number of halogens is 1. The lowest BCUT2D eigenvalue weighted by molar-refractivity contribution is 0.102. The molecule has 3 rings (SSSR count). The number of nitrogens with one attached hydrogen (secondary N) is 1. The summed E-state index contributed by atoms with van der Waals surface area (Å²) in [5.74, 6) is -0.222. The number of anilines is 1. The number of hydrogen-bond acceptors (Lipinski definition) is 4. The van der Waals surface area contributed by atoms with Gasteiger partial charge in [-0.1, -0.05) is 22.9 Å². The number of carbonyl (C=O) groups is 1. The molecule has 0 aliphatic heterocycles. The van der Waals surface area contributed by atoms with Crippen LogP contribution in [0.25, 0.3) is 10.2 Å². The van der Waals surface area contributed by atoms with Gasteiger partial charge < -0.3 is 0 Å². The highest BCUT2D eigenvalue weighted by atomic mass is 35.5. The van der Waals surface area contributed by atoms with Gasteiger partial charge in [-0.05, 0) is 36.8 Å². The third kappa shape index (κ3) is 2.50. The molecule has 0 unspecified atom stereocenters. The second kappa shape index (κ2) is 5.19. The fourth-order valence-electron chi connectivity index (χ4n) is 1.77. The van der Waals surface area contributed by atoms with E-state index >= 15 is 0 Å². The molecule has 0 bridgehead atoms. The van der Waals surface area contributed by atoms with Crippen molar-refractivity contribution in [2.45, 2.75) is 6.92 Å². The minimum Gasteiger partial charge on any atom is -0.298 e. The number of hydrogen-bond donors (Lipinski definition) is 1. The van der Waals surface area contributed by atoms with Crippen molar-refractivity contribution >= 4 is 44.2 Å². The zero-order valence-corrected chi connectivity index (χ0v) is 12.1. The van der Waals surface area contributed by atoms with Gasteiger partial charge in [0.25, 0.3) is 5.91 Å². The van der Waals surface area contributed by atoms with Crippen molar-refractivity contribution in [2.24, 2.45) is 0 Å². The molecule has 100 valence electrons. The van der Waals surface area contributed by atoms with Gasteiger partial charge in [-0.3, -0.25) is 15.1 Å². The molecule has 0 aliphatic rings. The summed E-state index contributed by atoms with van der Waals surface area (Å²) in [4.78, 5) is 20.3. The molecule has 4 nitrogen and oxygen atoms in total. The predicted octanol–water partition coefficient (Wildman–Crippen LogP) is 3.91. The van der Waals surface area contributed by atoms with E-state index in [2.05, 4.69) is 15.3 Å². The summed E-state index contributed by atoms with van der Waals surface area (Å²) in [5.41, 5.74) is 2.28. The van der Waals surface area contributed by atoms with E-state index in [1.807, 2.05) is 19.1 Å². The molecule has 20 heavy (non-hydrogen) atoms. The maximum absolute atomic E-state index is 12.0. The number of fused-ring (bicyclic) bond motifs is 1. The van der Waals surface area contributed by atoms with Gasteiger partial charge in [0.1, 0.15) is 0 Å². The number of nitrogens with zero attached hydrogens (tertiary/aromatic N) is 2. The molecule has 0 aliphatic carbocycles. The van der Waals surface area contributed by atoms with Crippen molar-refractivity contribution in [1.29, 1.82) is 0 Å². The van der Waals surface area contributed by atoms with Crippen molar-refractivity contribution in [2.75, 3.05) is 5.32 Å². The van der Waals surface area contributed by atoms with E-state index in [1.54, 1.807) is 18.3 Å². The Balaban J connectivity index is 1.90. The van der Waals surface area contributed by atoms with Crippen molar-refractivity contribution in [1.82, 2.24) is 9.97 Å². The van der Waals surface area contributed by atoms with Gasteiger partial charge >= 0.3 is 0 Å². The lowest BCUT2D eigenvalue weighted by Crippen LogP contribution is -2.11. The van der Waals surface area contributed by atoms with E-state index in [9.17, 15) is 4.79 Å². The van der Waals surface area contributed by atoms with Gasteiger partial charge in [0.2, 0.25) is 0 Å². The van der Waals surface area contributed by atoms with Crippen LogP contribution in [0.15, 0.2) is 36.7 Å². The zero-order chi connectivity index (χ0) is 14.1. The van der Waals surface area contributed by atoms with Crippen LogP contribution in [0.3, 0.4) is 0 Å². The second-order valence-corrected chi connectivity index (χ2v) is 5.72. The van der Waals surface area contributed by atoms with Crippen LogP contribution in [-0.2, 0) is 0 Å². The Morgan fingerprint density at radius 1 is 1.40 bits per heavy atom. The average molecular weight is 304 g/mol. The number of aryl methyl sites for hydroxylation is 1. The number of carbonyl (C=O) groups excluding carboxylic acids is 1. The maximum Gasteiger partial charge on any atom is 0.259 e. The first-order valence-electron chi connectivity index (χ1n) is 5.91. The maximum atomic E-state index is 12.0. The summed E-state index contributed by atoms with van der Waals surface area (Å²) in [6, 6.07) is 7.20. The molecule has 6 heteroatoms. The first-order chi connectivity index (χ1) is 9.63. The topological polar surface area (TPSA) is 54.9 Å². The fraction of sp³-hybridized carbons (Fsp3) is 0.0714. The summed E-state index contributed by atoms with van der Waals surface area (Å²) in [6.07, 6.45) is 3.14. The molecule has 0 radical (unpaired) electrons. The average Bonchev–Trinajstić information content (AvgIpc) is 2.81. The molecule has 0 saturated heterocycles. The second-order valence-electron chi connectivity index (χ2n) is 4.28. The van der Waals surface area contributed by atoms with Gasteiger partial charge in [0, 0.05) is 17.4 Å². The van der Waals surface area contributed by atoms with Crippen LogP contribution < -0.4 is 5.32 Å². The molecule has 2 heterocycles. The van der Waals surface area contributed by atoms with Crippen molar-refractivity contribution < 1.29 is 4.79 Å². The largest absolute Gasteiger partial charge is 0.298 e. The summed E-state index contributed by atoms with van der Waals surface area (Å²) in [5, 5.41) is 4.00. The lowest BCUT2D eigenvalue weighted by Gasteiger charge is -1.99. The van der Waals surface area contributed by atoms with Crippen LogP contribution in [0.5, 0.6) is 0 Å². The number of thiazole rings is 1. The third-order valence-electron chi connectivity index (χ3n) is 2.81. The number of aromatic nitrogens is 2. The van der Waals surface area contributed by atoms with Gasteiger partial charge in [-0.2, -0.15) is 0 Å². The number of benzene rings is 1. The van der Waals surface area contributed by atoms with Crippen LogP contribution in [0.4, 0.5) is 5.13 Å². The van der Waals surface area contributed by atoms with Gasteiger partial charge in [0.15, 0.2) is 5.13 Å². The minimum absolute atomic E-state index is 0.222. The smallest absolute Gasteiger partial charge is 0.259 e. The number of pyridine rings is 1. The summed E-state index contributed by atoms with van der Waals surface area (Å²) in [7, 11) is 0. The first-order valence-corrected chi connectivity index (χ1v) is 7.11. The Morgan fingerprint density at radius 3 is 3.00 bits per heavy atom. The highest BCUT2D eigenvalue weighted by Gasteiger charge is 2.10. The lowest BCUT2D eigenvalue weighted by atomic mass is 10.2. The van der Waals surface area contributed by atoms with Crippen LogP contribution >= 0.6 is 22.9 Å². The van der Waals surface area contributed by atoms with Crippen molar-refractivity contribution in [3.63, 3.8) is 0 Å². The van der Waals surface area contributed by atoms with E-state index in [0.717, 1.165) is 15.8 Å². The molecule has 0 spiro atoms. The third-order valence-corrected chi connectivity index (χ3v) is 4.15. The standard InChI is InChI=1S/C14H10ClN3OS/c1-8-5-12-11(6-10(8)15)17-14(20-12)18-13(19)9-3-2-4-16-7-9/h2-7H,1H3,(H,17,18,19). The van der Waals surface area contributed by atoms with Crippen molar-refractivity contribution in [3.8, 4) is 0 Å². The van der Waals surface area contributed by atoms with Crippen LogP contribution in [0.2, 0.25) is 5.02 Å². The Morgan fingerprint density at radius 2 is 2.25 bits per heavy atom. The van der Waals surface area contributed by atoms with E-state index in [4.69, 9.17) is 11.6 Å². The van der Waals surface area contributed by atoms with E-state index in [1.165, 1.54) is 17.5 Å². The number of rotatable bonds is 2. The minimum atomic E-state index is -0.222. The Bertz CT molecular complexity index is 747. The molecule has 0 fully saturated rings. The predicted molar refractivity (Wildman–Crippen MR) is 81.6 cm³/mol. The first kappa shape index (κ1) is 13.0. The molecule has 1 N–H and O–H groups in total. The van der Waals surface area contributed by atoms with Gasteiger partial charge in [-0.15, -0.1) is 0 Å². The fourth-order valence-corrected chi connectivity index (χ4v) is 2.87. The highest BCUT2D eigenvalue weighted by Crippen LogP contribution is 2.30. The molecule has 3 aromatic rings. The normalized spacial score (nSPS) is 10.7. The Labute approximate surface area is 124 Å². The summed E-state index contributed by atoms with van der Waals surface area (Å²) >= 11 is 7.49. The molecule has 1 amide bonds. The number of amides is 1. The SMILES string of the molecule is Cc1cc2sc(NC(=O)c3cccnc3)nc2cc1Cl. The van der Waals surface area contributed by atoms with Crippen LogP contribution in [0, 0.1) is 6.92 Å². The molecule has 2 aromatic heterocycles. The molecule has 1 aromatic carbocycles. The summed E-state index contributed by atoms with van der Waals surface area (Å²) in [6.45, 7) is 1.94. The van der Waals surface area contributed by atoms with E-state index in [-0.39, 0.29) is 5.91 Å². The monoisotopic (exact) mass is 303 g/mol. The Hall–Kier alpha value is -1.98. The quantitative estimate of drug-likeness (QED) is 0.781. The van der Waals surface area contributed by atoms with Crippen LogP contribution in [-0.4, -0.2) is 15.9 Å². The van der Waals surface area contributed by atoms with E-state index < -0.39 is 0 Å². The molecule has 0 atom stereocenters.